The summed E-state index contributed by atoms with van der Waals surface area (Å²) < 4.78 is 15.4. The predicted octanol–water partition coefficient (Wildman–Crippen LogP) is 3.92. The number of rotatable bonds is 7. The number of amides is 1. The molecule has 1 heterocycles. The van der Waals surface area contributed by atoms with Gasteiger partial charge in [-0.1, -0.05) is 29.4 Å². The number of carbonyl (C=O) groups excluding carboxylic acids is 2. The number of thioether (sulfide) groups is 1. The lowest BCUT2D eigenvalue weighted by molar-refractivity contribution is -0.113. The van der Waals surface area contributed by atoms with Crippen LogP contribution in [0.1, 0.15) is 10.4 Å². The quantitative estimate of drug-likeness (QED) is 0.441. The first-order valence-electron chi connectivity index (χ1n) is 8.28. The Morgan fingerprint density at radius 3 is 2.76 bits per heavy atom. The monoisotopic (exact) mass is 433 g/mol. The average molecular weight is 434 g/mol. The van der Waals surface area contributed by atoms with Crippen LogP contribution < -0.4 is 10.1 Å². The Kier molecular flexibility index (Phi) is 6.73. The summed E-state index contributed by atoms with van der Waals surface area (Å²) in [4.78, 5) is 23.9. The number of hydrogen-bond donors (Lipinski definition) is 1. The molecule has 0 saturated carbocycles. The maximum absolute atomic E-state index is 12.2. The van der Waals surface area contributed by atoms with Crippen LogP contribution in [0.5, 0.6) is 5.75 Å². The summed E-state index contributed by atoms with van der Waals surface area (Å²) in [5.74, 6) is 0.136. The van der Waals surface area contributed by atoms with Gasteiger partial charge in [-0.15, -0.1) is 10.2 Å². The first-order valence-corrected chi connectivity index (χ1v) is 9.65. The van der Waals surface area contributed by atoms with Gasteiger partial charge < -0.3 is 19.2 Å². The first-order chi connectivity index (χ1) is 14.0. The highest BCUT2D eigenvalue weighted by atomic mass is 35.5. The Bertz CT molecular complexity index is 1040. The lowest BCUT2D eigenvalue weighted by Gasteiger charge is -2.07. The molecule has 1 N–H and O–H groups in total. The normalized spacial score (nSPS) is 10.4. The van der Waals surface area contributed by atoms with Crippen molar-refractivity contribution < 1.29 is 23.5 Å². The zero-order chi connectivity index (χ0) is 20.8. The lowest BCUT2D eigenvalue weighted by atomic mass is 10.2. The van der Waals surface area contributed by atoms with Crippen molar-refractivity contribution in [2.45, 2.75) is 5.22 Å². The molecule has 29 heavy (non-hydrogen) atoms. The van der Waals surface area contributed by atoms with Gasteiger partial charge in [0.1, 0.15) is 5.75 Å². The summed E-state index contributed by atoms with van der Waals surface area (Å²) in [5, 5.41) is 11.1. The SMILES string of the molecule is COC(=O)c1cc(NC(=O)CSc2nnc(-c3cccc(OC)c3)o2)ccc1Cl. The lowest BCUT2D eigenvalue weighted by Crippen LogP contribution is -2.14. The van der Waals surface area contributed by atoms with Crippen LogP contribution in [0.2, 0.25) is 5.02 Å². The Hall–Kier alpha value is -3.04. The van der Waals surface area contributed by atoms with Crippen molar-refractivity contribution in [2.75, 3.05) is 25.3 Å². The van der Waals surface area contributed by atoms with E-state index in [1.54, 1.807) is 19.2 Å². The third-order valence-electron chi connectivity index (χ3n) is 3.71. The van der Waals surface area contributed by atoms with E-state index in [4.69, 9.17) is 20.8 Å². The second kappa shape index (κ2) is 9.44. The number of aromatic nitrogens is 2. The molecule has 0 radical (unpaired) electrons. The predicted molar refractivity (Wildman–Crippen MR) is 108 cm³/mol. The van der Waals surface area contributed by atoms with Crippen molar-refractivity contribution in [1.29, 1.82) is 0 Å². The molecule has 150 valence electrons. The third kappa shape index (κ3) is 5.27. The van der Waals surface area contributed by atoms with Gasteiger partial charge in [0.2, 0.25) is 11.8 Å². The molecule has 0 bridgehead atoms. The molecule has 3 rings (SSSR count). The summed E-state index contributed by atoms with van der Waals surface area (Å²) in [5.41, 5.74) is 1.30. The molecule has 0 atom stereocenters. The topological polar surface area (TPSA) is 104 Å². The molecule has 0 spiro atoms. The molecule has 8 nitrogen and oxygen atoms in total. The van der Waals surface area contributed by atoms with Crippen LogP contribution in [0.15, 0.2) is 52.1 Å². The summed E-state index contributed by atoms with van der Waals surface area (Å²) in [6, 6.07) is 11.8. The molecule has 0 aliphatic rings. The van der Waals surface area contributed by atoms with E-state index >= 15 is 0 Å². The molecule has 0 saturated heterocycles. The van der Waals surface area contributed by atoms with E-state index in [0.29, 0.717) is 22.9 Å². The summed E-state index contributed by atoms with van der Waals surface area (Å²) in [6.07, 6.45) is 0. The van der Waals surface area contributed by atoms with Crippen molar-refractivity contribution in [3.63, 3.8) is 0 Å². The van der Waals surface area contributed by atoms with E-state index in [1.807, 2.05) is 18.2 Å². The van der Waals surface area contributed by atoms with Crippen LogP contribution in [0, 0.1) is 0 Å². The van der Waals surface area contributed by atoms with E-state index in [-0.39, 0.29) is 27.5 Å². The van der Waals surface area contributed by atoms with Crippen LogP contribution in [-0.2, 0) is 9.53 Å². The highest BCUT2D eigenvalue weighted by Gasteiger charge is 2.14. The number of nitrogens with one attached hydrogen (secondary N) is 1. The second-order valence-corrected chi connectivity index (χ2v) is 6.96. The second-order valence-electron chi connectivity index (χ2n) is 5.63. The Balaban J connectivity index is 1.60. The largest absolute Gasteiger partial charge is 0.497 e. The zero-order valence-electron chi connectivity index (χ0n) is 15.5. The van der Waals surface area contributed by atoms with Gasteiger partial charge >= 0.3 is 5.97 Å². The smallest absolute Gasteiger partial charge is 0.339 e. The standard InChI is InChI=1S/C19H16ClN3O5S/c1-26-13-5-3-4-11(8-13)17-22-23-19(28-17)29-10-16(24)21-12-6-7-15(20)14(9-12)18(25)27-2/h3-9H,10H2,1-2H3,(H,21,24). The van der Waals surface area contributed by atoms with E-state index < -0.39 is 5.97 Å². The summed E-state index contributed by atoms with van der Waals surface area (Å²) in [7, 11) is 2.83. The first kappa shape index (κ1) is 20.7. The van der Waals surface area contributed by atoms with Crippen LogP contribution in [0.25, 0.3) is 11.5 Å². The van der Waals surface area contributed by atoms with Crippen LogP contribution in [-0.4, -0.2) is 42.0 Å². The van der Waals surface area contributed by atoms with Crippen molar-refractivity contribution in [3.05, 3.63) is 53.1 Å². The number of carbonyl (C=O) groups is 2. The number of nitrogens with zero attached hydrogens (tertiary/aromatic N) is 2. The van der Waals surface area contributed by atoms with E-state index in [2.05, 4.69) is 20.3 Å². The molecule has 0 aliphatic carbocycles. The van der Waals surface area contributed by atoms with Gasteiger partial charge in [-0.25, -0.2) is 4.79 Å². The van der Waals surface area contributed by atoms with Gasteiger partial charge in [0.25, 0.3) is 5.22 Å². The molecule has 1 amide bonds. The molecule has 0 fully saturated rings. The van der Waals surface area contributed by atoms with Crippen LogP contribution in [0.4, 0.5) is 5.69 Å². The number of anilines is 1. The highest BCUT2D eigenvalue weighted by Crippen LogP contribution is 2.26. The van der Waals surface area contributed by atoms with E-state index in [0.717, 1.165) is 11.8 Å². The zero-order valence-corrected chi connectivity index (χ0v) is 17.0. The Morgan fingerprint density at radius 1 is 1.17 bits per heavy atom. The minimum absolute atomic E-state index is 0.0376. The molecule has 10 heteroatoms. The third-order valence-corrected chi connectivity index (χ3v) is 4.85. The maximum atomic E-state index is 12.2. The summed E-state index contributed by atoms with van der Waals surface area (Å²) in [6.45, 7) is 0. The minimum Gasteiger partial charge on any atom is -0.497 e. The van der Waals surface area contributed by atoms with E-state index in [9.17, 15) is 9.59 Å². The minimum atomic E-state index is -0.587. The number of halogens is 1. The van der Waals surface area contributed by atoms with Gasteiger partial charge in [0.05, 0.1) is 30.6 Å². The summed E-state index contributed by atoms with van der Waals surface area (Å²) >= 11 is 7.06. The van der Waals surface area contributed by atoms with Crippen LogP contribution >= 0.6 is 23.4 Å². The molecular formula is C19H16ClN3O5S. The maximum Gasteiger partial charge on any atom is 0.339 e. The number of benzene rings is 2. The fraction of sp³-hybridized carbons (Fsp3) is 0.158. The fourth-order valence-corrected chi connectivity index (χ4v) is 3.09. The number of esters is 1. The average Bonchev–Trinajstić information content (AvgIpc) is 3.22. The Labute approximate surface area is 175 Å². The molecule has 1 aromatic heterocycles. The highest BCUT2D eigenvalue weighted by molar-refractivity contribution is 7.99. The van der Waals surface area contributed by atoms with Crippen molar-refractivity contribution >= 4 is 40.9 Å². The van der Waals surface area contributed by atoms with E-state index in [1.165, 1.54) is 19.2 Å². The van der Waals surface area contributed by atoms with Gasteiger partial charge in [0, 0.05) is 11.3 Å². The van der Waals surface area contributed by atoms with Crippen LogP contribution in [0.3, 0.4) is 0 Å². The number of ether oxygens (including phenoxy) is 2. The van der Waals surface area contributed by atoms with Crippen molar-refractivity contribution in [2.24, 2.45) is 0 Å². The molecule has 2 aromatic carbocycles. The van der Waals surface area contributed by atoms with Gasteiger partial charge in [-0.05, 0) is 36.4 Å². The molecule has 3 aromatic rings. The Morgan fingerprint density at radius 2 is 2.00 bits per heavy atom. The number of methoxy groups -OCH3 is 2. The molecular weight excluding hydrogens is 418 g/mol. The number of hydrogen-bond acceptors (Lipinski definition) is 8. The fourth-order valence-electron chi connectivity index (χ4n) is 2.33. The molecule has 0 aliphatic heterocycles. The van der Waals surface area contributed by atoms with Gasteiger partial charge in [-0.3, -0.25) is 4.79 Å². The molecule has 0 unspecified atom stereocenters. The van der Waals surface area contributed by atoms with Gasteiger partial charge in [-0.2, -0.15) is 0 Å². The van der Waals surface area contributed by atoms with Crippen molar-refractivity contribution in [3.8, 4) is 17.2 Å². The van der Waals surface area contributed by atoms with Crippen molar-refractivity contribution in [1.82, 2.24) is 10.2 Å². The van der Waals surface area contributed by atoms with Gasteiger partial charge in [0.15, 0.2) is 0 Å².